The van der Waals surface area contributed by atoms with Gasteiger partial charge in [-0.1, -0.05) is 29.8 Å². The second kappa shape index (κ2) is 12.6. The average molecular weight is 713 g/mol. The largest absolute Gasteiger partial charge is 0.490 e. The molecule has 0 unspecified atom stereocenters. The normalized spacial score (nSPS) is 14.5. The van der Waals surface area contributed by atoms with Gasteiger partial charge in [0.2, 0.25) is 5.91 Å². The fraction of sp³-hybridized carbons (Fsp3) is 0.148. The summed E-state index contributed by atoms with van der Waals surface area (Å²) in [6.45, 7) is 3.34. The van der Waals surface area contributed by atoms with Crippen molar-refractivity contribution in [2.75, 3.05) is 11.9 Å². The van der Waals surface area contributed by atoms with E-state index >= 15 is 0 Å². The highest BCUT2D eigenvalue weighted by atomic mass is 127. The zero-order valence-corrected chi connectivity index (χ0v) is 25.7. The minimum Gasteiger partial charge on any atom is -0.490 e. The number of benzene rings is 3. The van der Waals surface area contributed by atoms with E-state index in [1.807, 2.05) is 22.6 Å². The second-order valence-electron chi connectivity index (χ2n) is 8.37. The molecule has 9 nitrogen and oxygen atoms in total. The number of nitrogens with zero attached hydrogens (tertiary/aromatic N) is 1. The number of amides is 3. The Labute approximate surface area is 254 Å². The first-order chi connectivity index (χ1) is 19.0. The lowest BCUT2D eigenvalue weighted by molar-refractivity contribution is -0.123. The van der Waals surface area contributed by atoms with E-state index in [-0.39, 0.29) is 40.4 Å². The van der Waals surface area contributed by atoms with Crippen LogP contribution in [0, 0.1) is 3.57 Å². The Morgan fingerprint density at radius 1 is 1.12 bits per heavy atom. The number of carbonyl (C=O) groups excluding carboxylic acids is 3. The van der Waals surface area contributed by atoms with Gasteiger partial charge in [-0.15, -0.1) is 0 Å². The predicted molar refractivity (Wildman–Crippen MR) is 162 cm³/mol. The molecule has 1 heterocycles. The van der Waals surface area contributed by atoms with E-state index in [9.17, 15) is 22.8 Å². The molecular weight excluding hydrogens is 691 g/mol. The van der Waals surface area contributed by atoms with Crippen molar-refractivity contribution in [3.63, 3.8) is 0 Å². The summed E-state index contributed by atoms with van der Waals surface area (Å²) in [7, 11) is -4.25. The van der Waals surface area contributed by atoms with Crippen LogP contribution in [0.15, 0.2) is 70.5 Å². The van der Waals surface area contributed by atoms with Crippen molar-refractivity contribution in [1.29, 1.82) is 0 Å². The molecule has 0 saturated carbocycles. The maximum absolute atomic E-state index is 13.0. The molecule has 40 heavy (non-hydrogen) atoms. The van der Waals surface area contributed by atoms with E-state index in [1.54, 1.807) is 49.4 Å². The molecule has 0 spiro atoms. The lowest BCUT2D eigenvalue weighted by atomic mass is 10.1. The first-order valence-corrected chi connectivity index (χ1v) is 15.4. The van der Waals surface area contributed by atoms with Crippen molar-refractivity contribution >= 4 is 84.9 Å². The summed E-state index contributed by atoms with van der Waals surface area (Å²) in [5, 5.41) is 2.60. The molecule has 3 amide bonds. The highest BCUT2D eigenvalue weighted by molar-refractivity contribution is 14.1. The number of thioether (sulfide) groups is 1. The number of hydrogen-bond donors (Lipinski definition) is 1. The molecule has 0 aromatic heterocycles. The molecule has 4 rings (SSSR count). The fourth-order valence-corrected chi connectivity index (χ4v) is 6.54. The minimum absolute atomic E-state index is 0.0163. The van der Waals surface area contributed by atoms with Gasteiger partial charge >= 0.3 is 10.1 Å². The number of imide groups is 1. The number of ether oxygens (including phenoxy) is 1. The molecule has 1 aliphatic rings. The Morgan fingerprint density at radius 3 is 2.48 bits per heavy atom. The quantitative estimate of drug-likeness (QED) is 0.156. The van der Waals surface area contributed by atoms with Gasteiger partial charge in [0.05, 0.1) is 21.6 Å². The Hall–Kier alpha value is -3.07. The summed E-state index contributed by atoms with van der Waals surface area (Å²) >= 11 is 8.92. The van der Waals surface area contributed by atoms with Gasteiger partial charge in [-0.25, -0.2) is 0 Å². The molecule has 13 heteroatoms. The van der Waals surface area contributed by atoms with Gasteiger partial charge in [-0.3, -0.25) is 19.3 Å². The molecule has 0 radical (unpaired) electrons. The number of hydrogen-bond acceptors (Lipinski definition) is 8. The molecule has 3 aromatic carbocycles. The third-order valence-electron chi connectivity index (χ3n) is 5.45. The molecule has 1 aliphatic heterocycles. The van der Waals surface area contributed by atoms with Crippen LogP contribution < -0.4 is 14.2 Å². The van der Waals surface area contributed by atoms with Crippen LogP contribution >= 0.6 is 46.0 Å². The number of carbonyl (C=O) groups is 3. The molecule has 0 bridgehead atoms. The van der Waals surface area contributed by atoms with E-state index in [4.69, 9.17) is 20.5 Å². The van der Waals surface area contributed by atoms with Gasteiger partial charge in [0.15, 0.2) is 11.5 Å². The third kappa shape index (κ3) is 6.97. The van der Waals surface area contributed by atoms with Gasteiger partial charge in [-0.05, 0) is 101 Å². The van der Waals surface area contributed by atoms with Crippen molar-refractivity contribution < 1.29 is 31.7 Å². The van der Waals surface area contributed by atoms with Gasteiger partial charge in [-0.2, -0.15) is 8.42 Å². The predicted octanol–water partition coefficient (Wildman–Crippen LogP) is 6.31. The molecule has 1 fully saturated rings. The molecule has 0 atom stereocenters. The van der Waals surface area contributed by atoms with Gasteiger partial charge in [0.25, 0.3) is 11.1 Å². The van der Waals surface area contributed by atoms with Crippen molar-refractivity contribution in [2.45, 2.75) is 25.3 Å². The highest BCUT2D eigenvalue weighted by Gasteiger charge is 2.35. The summed E-state index contributed by atoms with van der Waals surface area (Å²) in [5.41, 5.74) is 1.60. The molecule has 208 valence electrons. The second-order valence-corrected chi connectivity index (χ2v) is 12.5. The van der Waals surface area contributed by atoms with Crippen molar-refractivity contribution in [2.24, 2.45) is 0 Å². The van der Waals surface area contributed by atoms with Crippen LogP contribution in [0.25, 0.3) is 6.08 Å². The minimum atomic E-state index is -4.25. The van der Waals surface area contributed by atoms with E-state index in [0.29, 0.717) is 25.4 Å². The van der Waals surface area contributed by atoms with Crippen LogP contribution in [0.1, 0.15) is 25.0 Å². The Balaban J connectivity index is 1.60. The molecule has 1 saturated heterocycles. The number of nitrogens with one attached hydrogen (secondary N) is 1. The summed E-state index contributed by atoms with van der Waals surface area (Å²) in [6, 6.07) is 15.7. The van der Waals surface area contributed by atoms with Crippen molar-refractivity contribution in [3.8, 4) is 11.5 Å². The Morgan fingerprint density at radius 2 is 1.82 bits per heavy atom. The third-order valence-corrected chi connectivity index (χ3v) is 8.76. The SMILES string of the molecule is CCOc1cc(/C=C2\SC(=O)N(Cc3ccccc3Cl)C2=O)cc(I)c1OS(=O)(=O)c1ccc(NC(C)=O)cc1. The summed E-state index contributed by atoms with van der Waals surface area (Å²) in [4.78, 5) is 38.1. The maximum atomic E-state index is 13.0. The molecule has 0 aliphatic carbocycles. The Kier molecular flexibility index (Phi) is 9.44. The number of rotatable bonds is 9. The monoisotopic (exact) mass is 712 g/mol. The summed E-state index contributed by atoms with van der Waals surface area (Å²) < 4.78 is 37.6. The molecule has 3 aromatic rings. The fourth-order valence-electron chi connectivity index (χ4n) is 3.67. The van der Waals surface area contributed by atoms with Gasteiger partial charge in [0.1, 0.15) is 4.90 Å². The zero-order chi connectivity index (χ0) is 29.0. The maximum Gasteiger partial charge on any atom is 0.339 e. The standard InChI is InChI=1S/C27H22ClIN2O7S2/c1-3-37-23-13-17(14-24-26(33)31(27(34)39-24)15-18-6-4-5-7-21(18)28)12-22(29)25(23)38-40(35,36)20-10-8-19(9-11-20)30-16(2)32/h4-14H,3,15H2,1-2H3,(H,30,32)/b24-14-. The topological polar surface area (TPSA) is 119 Å². The smallest absolute Gasteiger partial charge is 0.339 e. The van der Waals surface area contributed by atoms with Crippen LogP contribution in [-0.4, -0.2) is 37.0 Å². The summed E-state index contributed by atoms with van der Waals surface area (Å²) in [6.07, 6.45) is 1.54. The number of halogens is 2. The van der Waals surface area contributed by atoms with Crippen LogP contribution in [0.2, 0.25) is 5.02 Å². The first kappa shape index (κ1) is 29.9. The van der Waals surface area contributed by atoms with E-state index in [2.05, 4.69) is 5.32 Å². The first-order valence-electron chi connectivity index (χ1n) is 11.8. The van der Waals surface area contributed by atoms with E-state index < -0.39 is 21.3 Å². The molecule has 1 N–H and O–H groups in total. The van der Waals surface area contributed by atoms with E-state index in [0.717, 1.165) is 16.7 Å². The lowest BCUT2D eigenvalue weighted by Gasteiger charge is -2.15. The number of anilines is 1. The lowest BCUT2D eigenvalue weighted by Crippen LogP contribution is -2.27. The van der Waals surface area contributed by atoms with Crippen molar-refractivity contribution in [1.82, 2.24) is 4.90 Å². The van der Waals surface area contributed by atoms with Crippen LogP contribution in [0.4, 0.5) is 10.5 Å². The van der Waals surface area contributed by atoms with Crippen LogP contribution in [0.3, 0.4) is 0 Å². The van der Waals surface area contributed by atoms with Gasteiger partial charge < -0.3 is 14.2 Å². The van der Waals surface area contributed by atoms with E-state index in [1.165, 1.54) is 31.2 Å². The van der Waals surface area contributed by atoms with Gasteiger partial charge in [0, 0.05) is 17.6 Å². The van der Waals surface area contributed by atoms with Crippen LogP contribution in [0.5, 0.6) is 11.5 Å². The average Bonchev–Trinajstić information content (AvgIpc) is 3.15. The molecular formula is C27H22ClIN2O7S2. The van der Waals surface area contributed by atoms with Crippen molar-refractivity contribution in [3.05, 3.63) is 85.3 Å². The Bertz CT molecular complexity index is 1630. The summed E-state index contributed by atoms with van der Waals surface area (Å²) in [5.74, 6) is -0.617. The highest BCUT2D eigenvalue weighted by Crippen LogP contribution is 2.39. The van der Waals surface area contributed by atoms with Crippen LogP contribution in [-0.2, 0) is 26.3 Å². The zero-order valence-electron chi connectivity index (χ0n) is 21.1.